The Morgan fingerprint density at radius 3 is 2.00 bits per heavy atom. The summed E-state index contributed by atoms with van der Waals surface area (Å²) in [6.45, 7) is 1.73. The predicted molar refractivity (Wildman–Crippen MR) is 41.4 cm³/mol. The lowest BCUT2D eigenvalue weighted by atomic mass is 10.4. The van der Waals surface area contributed by atoms with Crippen LogP contribution in [0.3, 0.4) is 0 Å². The molecule has 0 spiro atoms. The molecule has 0 amide bonds. The normalized spacial score (nSPS) is 19.9. The van der Waals surface area contributed by atoms with Crippen molar-refractivity contribution in [3.8, 4) is 0 Å². The van der Waals surface area contributed by atoms with Crippen LogP contribution < -0.4 is 0 Å². The lowest BCUT2D eigenvalue weighted by molar-refractivity contribution is 0.479. The highest BCUT2D eigenvalue weighted by molar-refractivity contribution is 7.43. The van der Waals surface area contributed by atoms with Crippen molar-refractivity contribution in [3.63, 3.8) is 0 Å². The molecule has 0 aromatic carbocycles. The third-order valence-corrected chi connectivity index (χ3v) is 3.82. The molecule has 0 bridgehead atoms. The molecular weight excluding hydrogens is 174 g/mol. The minimum atomic E-state index is -2.60. The summed E-state index contributed by atoms with van der Waals surface area (Å²) in [5.41, 5.74) is -0.471. The fraction of sp³-hybridized carbons (Fsp3) is 1.00. The van der Waals surface area contributed by atoms with E-state index in [0.717, 1.165) is 0 Å². The summed E-state index contributed by atoms with van der Waals surface area (Å²) in [6.07, 6.45) is 0.473. The minimum Gasteiger partial charge on any atom is -0.346 e. The van der Waals surface area contributed by atoms with Crippen molar-refractivity contribution in [1.82, 2.24) is 0 Å². The van der Waals surface area contributed by atoms with Crippen LogP contribution in [0.4, 0.5) is 0 Å². The van der Waals surface area contributed by atoms with Gasteiger partial charge < -0.3 is 9.79 Å². The first-order valence-electron chi connectivity index (χ1n) is 3.02. The van der Waals surface area contributed by atoms with E-state index < -0.39 is 21.7 Å². The number of rotatable bonds is 4. The SMILES string of the molecule is CCC(C[PH](=O)O)[PH](=O)O. The molecule has 0 heterocycles. The fourth-order valence-electron chi connectivity index (χ4n) is 0.617. The summed E-state index contributed by atoms with van der Waals surface area (Å²) in [4.78, 5) is 17.0. The molecule has 0 radical (unpaired) electrons. The van der Waals surface area contributed by atoms with Crippen LogP contribution >= 0.6 is 16.1 Å². The van der Waals surface area contributed by atoms with Gasteiger partial charge in [0.2, 0.25) is 0 Å². The topological polar surface area (TPSA) is 74.6 Å². The van der Waals surface area contributed by atoms with E-state index in [0.29, 0.717) is 6.42 Å². The first kappa shape index (κ1) is 10.4. The quantitative estimate of drug-likeness (QED) is 0.633. The summed E-state index contributed by atoms with van der Waals surface area (Å²) in [5, 5.41) is 0. The van der Waals surface area contributed by atoms with E-state index >= 15 is 0 Å². The van der Waals surface area contributed by atoms with Gasteiger partial charge in [-0.25, -0.2) is 0 Å². The van der Waals surface area contributed by atoms with E-state index in [1.165, 1.54) is 0 Å². The van der Waals surface area contributed by atoms with E-state index in [2.05, 4.69) is 0 Å². The molecule has 0 aliphatic rings. The van der Waals surface area contributed by atoms with Gasteiger partial charge in [-0.05, 0) is 6.42 Å². The zero-order chi connectivity index (χ0) is 8.15. The van der Waals surface area contributed by atoms with Crippen LogP contribution in [0.2, 0.25) is 0 Å². The molecule has 0 aromatic rings. The van der Waals surface area contributed by atoms with Crippen molar-refractivity contribution in [2.75, 3.05) is 6.16 Å². The highest BCUT2D eigenvalue weighted by Crippen LogP contribution is 2.31. The molecule has 3 unspecified atom stereocenters. The Balaban J connectivity index is 3.83. The van der Waals surface area contributed by atoms with Crippen LogP contribution in [0.1, 0.15) is 13.3 Å². The van der Waals surface area contributed by atoms with Gasteiger partial charge in [0.15, 0.2) is 16.1 Å². The molecule has 2 N–H and O–H groups in total. The Hall–Kier alpha value is 0.380. The average molecular weight is 186 g/mol. The Kier molecular flexibility index (Phi) is 5.28. The van der Waals surface area contributed by atoms with Crippen LogP contribution in [0.15, 0.2) is 0 Å². The molecular formula is C4H12O4P2. The predicted octanol–water partition coefficient (Wildman–Crippen LogP) is 0.699. The molecule has 10 heavy (non-hydrogen) atoms. The second kappa shape index (κ2) is 5.09. The molecule has 0 aliphatic carbocycles. The lowest BCUT2D eigenvalue weighted by Gasteiger charge is -2.06. The van der Waals surface area contributed by atoms with Gasteiger partial charge in [-0.15, -0.1) is 0 Å². The Morgan fingerprint density at radius 1 is 1.40 bits per heavy atom. The zero-order valence-corrected chi connectivity index (χ0v) is 7.70. The molecule has 62 valence electrons. The molecule has 3 atom stereocenters. The van der Waals surface area contributed by atoms with Gasteiger partial charge in [0.25, 0.3) is 0 Å². The Bertz CT molecular complexity index is 146. The smallest absolute Gasteiger partial charge is 0.192 e. The van der Waals surface area contributed by atoms with Crippen molar-refractivity contribution in [1.29, 1.82) is 0 Å². The summed E-state index contributed by atoms with van der Waals surface area (Å²) in [5.74, 6) is 0. The summed E-state index contributed by atoms with van der Waals surface area (Å²) in [6, 6.07) is 0. The average Bonchev–Trinajstić information content (AvgIpc) is 1.81. The summed E-state index contributed by atoms with van der Waals surface area (Å²) >= 11 is 0. The van der Waals surface area contributed by atoms with Crippen LogP contribution in [0.5, 0.6) is 0 Å². The van der Waals surface area contributed by atoms with Crippen molar-refractivity contribution in [3.05, 3.63) is 0 Å². The van der Waals surface area contributed by atoms with Gasteiger partial charge in [0.05, 0.1) is 0 Å². The maximum atomic E-state index is 10.4. The first-order chi connectivity index (χ1) is 4.57. The van der Waals surface area contributed by atoms with Gasteiger partial charge in [-0.3, -0.25) is 9.13 Å². The Labute approximate surface area is 61.0 Å². The van der Waals surface area contributed by atoms with Crippen molar-refractivity contribution in [2.24, 2.45) is 0 Å². The summed E-state index contributed by atoms with van der Waals surface area (Å²) < 4.78 is 20.6. The molecule has 0 saturated heterocycles. The second-order valence-electron chi connectivity index (χ2n) is 2.04. The largest absolute Gasteiger partial charge is 0.346 e. The maximum absolute atomic E-state index is 10.4. The van der Waals surface area contributed by atoms with Crippen LogP contribution in [-0.4, -0.2) is 21.6 Å². The molecule has 0 fully saturated rings. The van der Waals surface area contributed by atoms with E-state index in [4.69, 9.17) is 9.79 Å². The van der Waals surface area contributed by atoms with Crippen molar-refractivity contribution < 1.29 is 18.9 Å². The molecule has 0 aromatic heterocycles. The number of hydrogen-bond acceptors (Lipinski definition) is 2. The first-order valence-corrected chi connectivity index (χ1v) is 6.02. The van der Waals surface area contributed by atoms with Gasteiger partial charge in [0, 0.05) is 11.8 Å². The summed E-state index contributed by atoms with van der Waals surface area (Å²) in [7, 11) is -5.18. The standard InChI is InChI=1S/C4H12O4P2/c1-2-4(10(7)8)3-9(5)6/h4,9-10H,2-3H2,1H3,(H,5,6)(H,7,8). The van der Waals surface area contributed by atoms with Crippen LogP contribution in [0.25, 0.3) is 0 Å². The third kappa shape index (κ3) is 4.24. The lowest BCUT2D eigenvalue weighted by Crippen LogP contribution is -2.03. The van der Waals surface area contributed by atoms with Crippen LogP contribution in [-0.2, 0) is 9.13 Å². The van der Waals surface area contributed by atoms with Crippen molar-refractivity contribution >= 4 is 16.1 Å². The molecule has 4 nitrogen and oxygen atoms in total. The molecule has 0 aliphatic heterocycles. The minimum absolute atomic E-state index is 0.0184. The van der Waals surface area contributed by atoms with E-state index in [9.17, 15) is 9.13 Å². The third-order valence-electron chi connectivity index (χ3n) is 1.26. The number of hydrogen-bond donors (Lipinski definition) is 2. The highest BCUT2D eigenvalue weighted by atomic mass is 31.1. The molecule has 0 rings (SSSR count). The van der Waals surface area contributed by atoms with Crippen molar-refractivity contribution in [2.45, 2.75) is 19.0 Å². The van der Waals surface area contributed by atoms with E-state index in [-0.39, 0.29) is 6.16 Å². The highest BCUT2D eigenvalue weighted by Gasteiger charge is 2.13. The van der Waals surface area contributed by atoms with Gasteiger partial charge >= 0.3 is 0 Å². The van der Waals surface area contributed by atoms with Gasteiger partial charge in [-0.2, -0.15) is 0 Å². The second-order valence-corrected chi connectivity index (χ2v) is 4.73. The maximum Gasteiger partial charge on any atom is 0.192 e. The Morgan fingerprint density at radius 2 is 1.90 bits per heavy atom. The van der Waals surface area contributed by atoms with E-state index in [1.807, 2.05) is 0 Å². The van der Waals surface area contributed by atoms with E-state index in [1.54, 1.807) is 6.92 Å². The zero-order valence-electron chi connectivity index (χ0n) is 5.70. The molecule has 0 saturated carbocycles. The van der Waals surface area contributed by atoms with Gasteiger partial charge in [0.1, 0.15) is 0 Å². The van der Waals surface area contributed by atoms with Gasteiger partial charge in [-0.1, -0.05) is 6.92 Å². The monoisotopic (exact) mass is 186 g/mol. The van der Waals surface area contributed by atoms with Crippen LogP contribution in [0, 0.1) is 0 Å². The molecule has 6 heteroatoms. The fourth-order valence-corrected chi connectivity index (χ4v) is 2.90.